The van der Waals surface area contributed by atoms with Crippen LogP contribution in [0, 0.1) is 0 Å². The minimum absolute atomic E-state index is 0.0986. The molecule has 5 heteroatoms. The van der Waals surface area contributed by atoms with Gasteiger partial charge in [0, 0.05) is 13.1 Å². The molecule has 1 amide bonds. The third kappa shape index (κ3) is 2.36. The van der Waals surface area contributed by atoms with Crippen molar-refractivity contribution in [1.29, 1.82) is 0 Å². The normalized spacial score (nSPS) is 15.2. The molecule has 0 spiro atoms. The Labute approximate surface area is 104 Å². The summed E-state index contributed by atoms with van der Waals surface area (Å²) in [5.74, 6) is -0.0986. The molecule has 3 nitrogen and oxygen atoms in total. The van der Waals surface area contributed by atoms with Crippen LogP contribution in [0.2, 0.25) is 10.3 Å². The first-order valence-corrected chi connectivity index (χ1v) is 5.70. The van der Waals surface area contributed by atoms with Crippen molar-refractivity contribution < 1.29 is 4.79 Å². The van der Waals surface area contributed by atoms with Crippen molar-refractivity contribution in [3.05, 3.63) is 40.2 Å². The second-order valence-corrected chi connectivity index (χ2v) is 4.23. The van der Waals surface area contributed by atoms with Gasteiger partial charge in [-0.25, -0.2) is 4.98 Å². The first-order chi connectivity index (χ1) is 7.68. The number of amides is 1. The molecule has 0 N–H and O–H groups in total. The standard InChI is InChI=1S/C11H10Cl2N2O/c12-9-5-4-8(10(13)14-9)11(16)15-6-2-1-3-7-15/h1-2,4-5H,3,6-7H2. The Morgan fingerprint density at radius 1 is 1.31 bits per heavy atom. The number of pyridine rings is 1. The highest BCUT2D eigenvalue weighted by atomic mass is 35.5. The number of hydrogen-bond acceptors (Lipinski definition) is 2. The van der Waals surface area contributed by atoms with Crippen LogP contribution in [-0.2, 0) is 0 Å². The van der Waals surface area contributed by atoms with Gasteiger partial charge in [-0.1, -0.05) is 35.4 Å². The van der Waals surface area contributed by atoms with E-state index >= 15 is 0 Å². The van der Waals surface area contributed by atoms with E-state index in [0.29, 0.717) is 23.8 Å². The maximum atomic E-state index is 12.1. The summed E-state index contributed by atoms with van der Waals surface area (Å²) >= 11 is 11.6. The largest absolute Gasteiger partial charge is 0.335 e. The van der Waals surface area contributed by atoms with Gasteiger partial charge in [0.05, 0.1) is 5.56 Å². The van der Waals surface area contributed by atoms with Gasteiger partial charge in [0.2, 0.25) is 0 Å². The Morgan fingerprint density at radius 3 is 2.75 bits per heavy atom. The number of hydrogen-bond donors (Lipinski definition) is 0. The van der Waals surface area contributed by atoms with Crippen LogP contribution in [0.1, 0.15) is 16.8 Å². The predicted molar refractivity (Wildman–Crippen MR) is 63.9 cm³/mol. The molecule has 0 saturated carbocycles. The highest BCUT2D eigenvalue weighted by Crippen LogP contribution is 2.19. The molecule has 0 saturated heterocycles. The summed E-state index contributed by atoms with van der Waals surface area (Å²) in [7, 11) is 0. The van der Waals surface area contributed by atoms with Gasteiger partial charge in [-0.05, 0) is 18.6 Å². The lowest BCUT2D eigenvalue weighted by molar-refractivity contribution is 0.0771. The minimum Gasteiger partial charge on any atom is -0.335 e. The van der Waals surface area contributed by atoms with Gasteiger partial charge in [-0.2, -0.15) is 0 Å². The average molecular weight is 257 g/mol. The van der Waals surface area contributed by atoms with Crippen LogP contribution in [0.25, 0.3) is 0 Å². The second-order valence-electron chi connectivity index (χ2n) is 3.48. The van der Waals surface area contributed by atoms with E-state index in [1.165, 1.54) is 0 Å². The van der Waals surface area contributed by atoms with E-state index in [4.69, 9.17) is 23.2 Å². The number of nitrogens with zero attached hydrogens (tertiary/aromatic N) is 2. The van der Waals surface area contributed by atoms with Crippen molar-refractivity contribution in [2.24, 2.45) is 0 Å². The van der Waals surface area contributed by atoms with E-state index in [-0.39, 0.29) is 11.1 Å². The van der Waals surface area contributed by atoms with E-state index in [1.807, 2.05) is 6.08 Å². The highest BCUT2D eigenvalue weighted by Gasteiger charge is 2.19. The molecule has 0 aromatic carbocycles. The molecule has 1 aromatic rings. The molecule has 0 fully saturated rings. The summed E-state index contributed by atoms with van der Waals surface area (Å²) in [5.41, 5.74) is 0.404. The van der Waals surface area contributed by atoms with Crippen molar-refractivity contribution in [2.75, 3.05) is 13.1 Å². The molecule has 1 aliphatic heterocycles. The van der Waals surface area contributed by atoms with Gasteiger partial charge in [0.15, 0.2) is 0 Å². The first-order valence-electron chi connectivity index (χ1n) is 4.95. The molecule has 0 bridgehead atoms. The van der Waals surface area contributed by atoms with Crippen LogP contribution in [0.5, 0.6) is 0 Å². The Morgan fingerprint density at radius 2 is 2.12 bits per heavy atom. The van der Waals surface area contributed by atoms with E-state index in [1.54, 1.807) is 17.0 Å². The average Bonchev–Trinajstić information content (AvgIpc) is 2.29. The molecule has 1 aromatic heterocycles. The fourth-order valence-electron chi connectivity index (χ4n) is 1.57. The maximum absolute atomic E-state index is 12.1. The topological polar surface area (TPSA) is 33.2 Å². The molecule has 16 heavy (non-hydrogen) atoms. The summed E-state index contributed by atoms with van der Waals surface area (Å²) in [6.45, 7) is 1.34. The van der Waals surface area contributed by atoms with Gasteiger partial charge in [0.1, 0.15) is 10.3 Å². The second kappa shape index (κ2) is 4.85. The summed E-state index contributed by atoms with van der Waals surface area (Å²) in [6, 6.07) is 3.18. The predicted octanol–water partition coefficient (Wildman–Crippen LogP) is 2.79. The Bertz CT molecular complexity index is 446. The van der Waals surface area contributed by atoms with E-state index in [0.717, 1.165) is 6.42 Å². The Hall–Kier alpha value is -1.06. The van der Waals surface area contributed by atoms with Gasteiger partial charge < -0.3 is 4.90 Å². The van der Waals surface area contributed by atoms with Gasteiger partial charge in [-0.3, -0.25) is 4.79 Å². The smallest absolute Gasteiger partial charge is 0.257 e. The molecule has 0 atom stereocenters. The van der Waals surface area contributed by atoms with Crippen LogP contribution in [0.4, 0.5) is 0 Å². The zero-order valence-corrected chi connectivity index (χ0v) is 10.0. The van der Waals surface area contributed by atoms with Crippen LogP contribution in [-0.4, -0.2) is 28.9 Å². The van der Waals surface area contributed by atoms with Gasteiger partial charge in [-0.15, -0.1) is 0 Å². The number of rotatable bonds is 1. The van der Waals surface area contributed by atoms with Crippen LogP contribution in [0.3, 0.4) is 0 Å². The van der Waals surface area contributed by atoms with Crippen molar-refractivity contribution in [3.63, 3.8) is 0 Å². The third-order valence-corrected chi connectivity index (χ3v) is 2.89. The van der Waals surface area contributed by atoms with Crippen molar-refractivity contribution in [3.8, 4) is 0 Å². The molecule has 84 valence electrons. The molecule has 0 unspecified atom stereocenters. The quantitative estimate of drug-likeness (QED) is 0.572. The van der Waals surface area contributed by atoms with E-state index in [9.17, 15) is 4.79 Å². The monoisotopic (exact) mass is 256 g/mol. The molecular formula is C11H10Cl2N2O. The maximum Gasteiger partial charge on any atom is 0.257 e. The SMILES string of the molecule is O=C(c1ccc(Cl)nc1Cl)N1CC=CCC1. The van der Waals surface area contributed by atoms with Gasteiger partial charge >= 0.3 is 0 Å². The summed E-state index contributed by atoms with van der Waals surface area (Å²) in [6.07, 6.45) is 4.91. The Balaban J connectivity index is 2.23. The molecule has 0 aliphatic carbocycles. The molecule has 2 rings (SSSR count). The molecule has 1 aliphatic rings. The molecule has 0 radical (unpaired) electrons. The lowest BCUT2D eigenvalue weighted by atomic mass is 10.2. The van der Waals surface area contributed by atoms with Crippen LogP contribution < -0.4 is 0 Å². The van der Waals surface area contributed by atoms with Crippen LogP contribution >= 0.6 is 23.2 Å². The zero-order chi connectivity index (χ0) is 11.5. The van der Waals surface area contributed by atoms with Crippen molar-refractivity contribution >= 4 is 29.1 Å². The van der Waals surface area contributed by atoms with Crippen LogP contribution in [0.15, 0.2) is 24.3 Å². The number of carbonyl (C=O) groups excluding carboxylic acids is 1. The van der Waals surface area contributed by atoms with E-state index < -0.39 is 0 Å². The summed E-state index contributed by atoms with van der Waals surface area (Å²) in [5, 5.41) is 0.451. The number of carbonyl (C=O) groups is 1. The minimum atomic E-state index is -0.0986. The summed E-state index contributed by atoms with van der Waals surface area (Å²) < 4.78 is 0. The Kier molecular flexibility index (Phi) is 3.46. The lowest BCUT2D eigenvalue weighted by Crippen LogP contribution is -2.34. The number of aromatic nitrogens is 1. The van der Waals surface area contributed by atoms with Crippen molar-refractivity contribution in [1.82, 2.24) is 9.88 Å². The van der Waals surface area contributed by atoms with Crippen molar-refractivity contribution in [2.45, 2.75) is 6.42 Å². The highest BCUT2D eigenvalue weighted by molar-refractivity contribution is 6.34. The summed E-state index contributed by atoms with van der Waals surface area (Å²) in [4.78, 5) is 17.6. The van der Waals surface area contributed by atoms with Gasteiger partial charge in [0.25, 0.3) is 5.91 Å². The fraction of sp³-hybridized carbons (Fsp3) is 0.273. The third-order valence-electron chi connectivity index (χ3n) is 2.39. The molecule has 2 heterocycles. The lowest BCUT2D eigenvalue weighted by Gasteiger charge is -2.23. The number of halogens is 2. The fourth-order valence-corrected chi connectivity index (χ4v) is 1.99. The first kappa shape index (κ1) is 11.4. The molecular weight excluding hydrogens is 247 g/mol. The van der Waals surface area contributed by atoms with E-state index in [2.05, 4.69) is 11.1 Å². The zero-order valence-electron chi connectivity index (χ0n) is 8.49.